The van der Waals surface area contributed by atoms with Crippen LogP contribution in [0.25, 0.3) is 0 Å². The van der Waals surface area contributed by atoms with Gasteiger partial charge in [-0.25, -0.2) is 0 Å². The monoisotopic (exact) mass is 259 g/mol. The quantitative estimate of drug-likeness (QED) is 0.732. The third-order valence-electron chi connectivity index (χ3n) is 3.53. The molecule has 2 N–H and O–H groups in total. The lowest BCUT2D eigenvalue weighted by Crippen LogP contribution is -2.47. The average Bonchev–Trinajstić information content (AvgIpc) is 2.81. The van der Waals surface area contributed by atoms with E-state index in [0.29, 0.717) is 6.61 Å². The molecule has 0 saturated carbocycles. The minimum Gasteiger partial charge on any atom is -0.348 e. The van der Waals surface area contributed by atoms with Gasteiger partial charge in [0.25, 0.3) is 0 Å². The van der Waals surface area contributed by atoms with Gasteiger partial charge >= 0.3 is 0 Å². The Balaban J connectivity index is 1.68. The Morgan fingerprint density at radius 3 is 2.22 bits per heavy atom. The van der Waals surface area contributed by atoms with E-state index >= 15 is 0 Å². The summed E-state index contributed by atoms with van der Waals surface area (Å²) in [6, 6.07) is -0.265. The molecular formula is C12H21NO5. The Morgan fingerprint density at radius 1 is 0.944 bits per heavy atom. The van der Waals surface area contributed by atoms with E-state index < -0.39 is 17.9 Å². The number of hydrogen-bond acceptors (Lipinski definition) is 6. The van der Waals surface area contributed by atoms with Crippen LogP contribution in [0.15, 0.2) is 0 Å². The predicted molar refractivity (Wildman–Crippen MR) is 61.6 cm³/mol. The molecule has 3 heterocycles. The Morgan fingerprint density at radius 2 is 1.67 bits per heavy atom. The molecule has 104 valence electrons. The minimum atomic E-state index is -0.635. The molecule has 3 aliphatic heterocycles. The molecule has 0 radical (unpaired) electrons. The second-order valence-electron chi connectivity index (χ2n) is 6.01. The van der Waals surface area contributed by atoms with Gasteiger partial charge in [-0.3, -0.25) is 0 Å². The zero-order chi connectivity index (χ0) is 13.1. The van der Waals surface area contributed by atoms with Gasteiger partial charge in [-0.1, -0.05) is 0 Å². The van der Waals surface area contributed by atoms with Crippen LogP contribution in [0.2, 0.25) is 0 Å². The Kier molecular flexibility index (Phi) is 2.75. The van der Waals surface area contributed by atoms with E-state index in [1.807, 2.05) is 27.7 Å². The molecule has 0 aromatic rings. The van der Waals surface area contributed by atoms with Crippen molar-refractivity contribution in [3.05, 3.63) is 0 Å². The summed E-state index contributed by atoms with van der Waals surface area (Å²) >= 11 is 0. The van der Waals surface area contributed by atoms with E-state index in [-0.39, 0.29) is 24.4 Å². The molecule has 0 unspecified atom stereocenters. The molecule has 3 fully saturated rings. The Labute approximate surface area is 107 Å². The van der Waals surface area contributed by atoms with Gasteiger partial charge in [0.2, 0.25) is 0 Å². The SMILES string of the molecule is CC1(C)O[C@H]2O[C@H]([C@H]3COC(C)(C)O3)[C@H](N)[C@@H]2O1. The third kappa shape index (κ3) is 2.07. The predicted octanol–water partition coefficient (Wildman–Crippen LogP) is 0.342. The number of ether oxygens (including phenoxy) is 5. The summed E-state index contributed by atoms with van der Waals surface area (Å²) in [5.74, 6) is -1.21. The highest BCUT2D eigenvalue weighted by Gasteiger charge is 2.56. The van der Waals surface area contributed by atoms with Gasteiger partial charge in [0.05, 0.1) is 12.6 Å². The molecule has 0 aromatic heterocycles. The molecule has 6 heteroatoms. The summed E-state index contributed by atoms with van der Waals surface area (Å²) in [5, 5.41) is 0. The summed E-state index contributed by atoms with van der Waals surface area (Å²) in [6.07, 6.45) is -1.07. The number of rotatable bonds is 1. The number of hydrogen-bond donors (Lipinski definition) is 1. The van der Waals surface area contributed by atoms with Crippen molar-refractivity contribution in [2.75, 3.05) is 6.61 Å². The van der Waals surface area contributed by atoms with Gasteiger partial charge in [-0.05, 0) is 27.7 Å². The van der Waals surface area contributed by atoms with Crippen molar-refractivity contribution in [3.63, 3.8) is 0 Å². The van der Waals surface area contributed by atoms with Crippen LogP contribution in [0, 0.1) is 0 Å². The van der Waals surface area contributed by atoms with Crippen LogP contribution in [0.1, 0.15) is 27.7 Å². The lowest BCUT2D eigenvalue weighted by Gasteiger charge is -2.26. The standard InChI is InChI=1S/C12H21NO5/c1-11(2)14-5-6(16-11)8-7(13)9-10(15-8)18-12(3,4)17-9/h6-10H,5,13H2,1-4H3/t6-,7+,8-,9+,10-/m1/s1. The molecule has 0 aromatic carbocycles. The normalized spacial score (nSPS) is 49.5. The highest BCUT2D eigenvalue weighted by Crippen LogP contribution is 2.39. The van der Waals surface area contributed by atoms with Crippen molar-refractivity contribution < 1.29 is 23.7 Å². The van der Waals surface area contributed by atoms with Crippen molar-refractivity contribution in [3.8, 4) is 0 Å². The van der Waals surface area contributed by atoms with E-state index in [2.05, 4.69) is 0 Å². The van der Waals surface area contributed by atoms with E-state index in [1.54, 1.807) is 0 Å². The fraction of sp³-hybridized carbons (Fsp3) is 1.00. The molecule has 0 aliphatic carbocycles. The summed E-state index contributed by atoms with van der Waals surface area (Å²) in [6.45, 7) is 7.95. The fourth-order valence-electron chi connectivity index (χ4n) is 2.77. The highest BCUT2D eigenvalue weighted by atomic mass is 16.8. The largest absolute Gasteiger partial charge is 0.348 e. The first-order chi connectivity index (χ1) is 8.27. The van der Waals surface area contributed by atoms with Crippen LogP contribution in [-0.2, 0) is 23.7 Å². The Bertz CT molecular complexity index is 345. The van der Waals surface area contributed by atoms with Gasteiger partial charge < -0.3 is 29.4 Å². The maximum atomic E-state index is 6.19. The molecule has 5 atom stereocenters. The van der Waals surface area contributed by atoms with Crippen LogP contribution in [0.4, 0.5) is 0 Å². The van der Waals surface area contributed by atoms with Crippen molar-refractivity contribution >= 4 is 0 Å². The van der Waals surface area contributed by atoms with Crippen LogP contribution in [0.3, 0.4) is 0 Å². The van der Waals surface area contributed by atoms with Crippen LogP contribution < -0.4 is 5.73 Å². The lowest BCUT2D eigenvalue weighted by atomic mass is 10.0. The zero-order valence-corrected chi connectivity index (χ0v) is 11.2. The van der Waals surface area contributed by atoms with Gasteiger partial charge in [-0.2, -0.15) is 0 Å². The van der Waals surface area contributed by atoms with Gasteiger partial charge in [-0.15, -0.1) is 0 Å². The third-order valence-corrected chi connectivity index (χ3v) is 3.53. The van der Waals surface area contributed by atoms with E-state index in [1.165, 1.54) is 0 Å². The second-order valence-corrected chi connectivity index (χ2v) is 6.01. The molecule has 3 saturated heterocycles. The van der Waals surface area contributed by atoms with Crippen LogP contribution in [0.5, 0.6) is 0 Å². The number of nitrogens with two attached hydrogens (primary N) is 1. The molecule has 6 nitrogen and oxygen atoms in total. The molecule has 0 bridgehead atoms. The second kappa shape index (κ2) is 3.88. The zero-order valence-electron chi connectivity index (χ0n) is 11.2. The maximum absolute atomic E-state index is 6.19. The Hall–Kier alpha value is -0.240. The maximum Gasteiger partial charge on any atom is 0.189 e. The summed E-state index contributed by atoms with van der Waals surface area (Å²) in [7, 11) is 0. The fourth-order valence-corrected chi connectivity index (χ4v) is 2.77. The summed E-state index contributed by atoms with van der Waals surface area (Å²) in [4.78, 5) is 0. The van der Waals surface area contributed by atoms with Gasteiger partial charge in [0.1, 0.15) is 18.3 Å². The molecular weight excluding hydrogens is 238 g/mol. The van der Waals surface area contributed by atoms with Crippen molar-refractivity contribution in [2.24, 2.45) is 5.73 Å². The topological polar surface area (TPSA) is 72.2 Å². The lowest BCUT2D eigenvalue weighted by molar-refractivity contribution is -0.222. The van der Waals surface area contributed by atoms with Crippen molar-refractivity contribution in [2.45, 2.75) is 69.9 Å². The first kappa shape index (κ1) is 12.8. The van der Waals surface area contributed by atoms with E-state index in [9.17, 15) is 0 Å². The average molecular weight is 259 g/mol. The highest BCUT2D eigenvalue weighted by molar-refractivity contribution is 4.99. The van der Waals surface area contributed by atoms with Gasteiger partial charge in [0.15, 0.2) is 17.9 Å². The van der Waals surface area contributed by atoms with E-state index in [0.717, 1.165) is 0 Å². The van der Waals surface area contributed by atoms with Crippen molar-refractivity contribution in [1.29, 1.82) is 0 Å². The minimum absolute atomic E-state index is 0.170. The van der Waals surface area contributed by atoms with E-state index in [4.69, 9.17) is 29.4 Å². The first-order valence-corrected chi connectivity index (χ1v) is 6.36. The molecule has 3 aliphatic rings. The molecule has 0 spiro atoms. The molecule has 18 heavy (non-hydrogen) atoms. The molecule has 0 amide bonds. The van der Waals surface area contributed by atoms with Crippen LogP contribution in [-0.4, -0.2) is 48.8 Å². The smallest absolute Gasteiger partial charge is 0.189 e. The first-order valence-electron chi connectivity index (χ1n) is 6.36. The van der Waals surface area contributed by atoms with Gasteiger partial charge in [0, 0.05) is 0 Å². The van der Waals surface area contributed by atoms with Crippen molar-refractivity contribution in [1.82, 2.24) is 0 Å². The number of fused-ring (bicyclic) bond motifs is 1. The summed E-state index contributed by atoms with van der Waals surface area (Å²) in [5.41, 5.74) is 6.19. The summed E-state index contributed by atoms with van der Waals surface area (Å²) < 4.78 is 28.6. The molecule has 3 rings (SSSR count). The van der Waals surface area contributed by atoms with Crippen LogP contribution >= 0.6 is 0 Å².